The van der Waals surface area contributed by atoms with Gasteiger partial charge in [-0.25, -0.2) is 0 Å². The Morgan fingerprint density at radius 3 is 2.65 bits per heavy atom. The summed E-state index contributed by atoms with van der Waals surface area (Å²) in [5, 5.41) is 0. The zero-order valence-electron chi connectivity index (χ0n) is 18.5. The van der Waals surface area contributed by atoms with E-state index in [0.717, 1.165) is 56.4 Å². The quantitative estimate of drug-likeness (QED) is 0.657. The lowest BCUT2D eigenvalue weighted by atomic mass is 10.0. The fourth-order valence-corrected chi connectivity index (χ4v) is 4.81. The largest absolute Gasteiger partial charge is 0.341 e. The van der Waals surface area contributed by atoms with E-state index in [1.54, 1.807) is 4.90 Å². The monoisotopic (exact) mass is 419 g/mol. The number of carbonyl (C=O) groups is 2. The van der Waals surface area contributed by atoms with Gasteiger partial charge in [0.2, 0.25) is 5.91 Å². The summed E-state index contributed by atoms with van der Waals surface area (Å²) in [7, 11) is 1.93. The Kier molecular flexibility index (Phi) is 7.03. The van der Waals surface area contributed by atoms with Crippen LogP contribution in [0.5, 0.6) is 0 Å². The van der Waals surface area contributed by atoms with Crippen molar-refractivity contribution in [1.82, 2.24) is 14.7 Å². The molecule has 5 nitrogen and oxygen atoms in total. The number of amides is 2. The normalized spacial score (nSPS) is 18.8. The maximum Gasteiger partial charge on any atom is 0.254 e. The van der Waals surface area contributed by atoms with Crippen LogP contribution >= 0.6 is 0 Å². The standard InChI is InChI=1S/C26H33N3O2/c1-27(25(30)15-18-29-19-22-12-5-6-14-24(22)26(29)31)23-13-8-17-28(20-23)16-7-11-21-9-3-2-4-10-21/h2-6,9-10,12,14,23H,7-8,11,13,15-20H2,1H3/t23-/m1/s1. The molecule has 0 aromatic heterocycles. The van der Waals surface area contributed by atoms with Crippen molar-refractivity contribution in [3.05, 3.63) is 71.3 Å². The number of likely N-dealkylation sites (N-methyl/N-ethyl adjacent to an activating group) is 1. The Bertz CT molecular complexity index is 899. The molecule has 1 saturated heterocycles. The van der Waals surface area contributed by atoms with Gasteiger partial charge in [-0.05, 0) is 56.0 Å². The highest BCUT2D eigenvalue weighted by molar-refractivity contribution is 5.98. The van der Waals surface area contributed by atoms with E-state index in [4.69, 9.17) is 0 Å². The van der Waals surface area contributed by atoms with Crippen molar-refractivity contribution in [2.75, 3.05) is 33.2 Å². The van der Waals surface area contributed by atoms with Gasteiger partial charge in [0.25, 0.3) is 5.91 Å². The van der Waals surface area contributed by atoms with Crippen molar-refractivity contribution < 1.29 is 9.59 Å². The number of hydrogen-bond donors (Lipinski definition) is 0. The van der Waals surface area contributed by atoms with E-state index >= 15 is 0 Å². The first-order chi connectivity index (χ1) is 15.1. The van der Waals surface area contributed by atoms with Crippen LogP contribution < -0.4 is 0 Å². The Hall–Kier alpha value is -2.66. The lowest BCUT2D eigenvalue weighted by Gasteiger charge is -2.38. The highest BCUT2D eigenvalue weighted by Gasteiger charge is 2.29. The van der Waals surface area contributed by atoms with Gasteiger partial charge in [0.15, 0.2) is 0 Å². The van der Waals surface area contributed by atoms with Crippen LogP contribution in [-0.4, -0.2) is 65.8 Å². The number of benzene rings is 2. The van der Waals surface area contributed by atoms with Gasteiger partial charge in [0, 0.05) is 44.7 Å². The third-order valence-electron chi connectivity index (χ3n) is 6.70. The molecule has 2 aromatic carbocycles. The van der Waals surface area contributed by atoms with Crippen LogP contribution in [0.25, 0.3) is 0 Å². The van der Waals surface area contributed by atoms with Crippen LogP contribution in [0.1, 0.15) is 47.2 Å². The van der Waals surface area contributed by atoms with Gasteiger partial charge in [0.05, 0.1) is 0 Å². The number of nitrogens with zero attached hydrogens (tertiary/aromatic N) is 3. The number of aryl methyl sites for hydroxylation is 1. The molecular weight excluding hydrogens is 386 g/mol. The number of hydrogen-bond acceptors (Lipinski definition) is 3. The predicted molar refractivity (Wildman–Crippen MR) is 123 cm³/mol. The van der Waals surface area contributed by atoms with Crippen molar-refractivity contribution in [3.63, 3.8) is 0 Å². The third kappa shape index (κ3) is 5.34. The Morgan fingerprint density at radius 1 is 1.06 bits per heavy atom. The van der Waals surface area contributed by atoms with Gasteiger partial charge in [-0.2, -0.15) is 0 Å². The highest BCUT2D eigenvalue weighted by atomic mass is 16.2. The summed E-state index contributed by atoms with van der Waals surface area (Å²) in [6, 6.07) is 18.6. The molecule has 5 heteroatoms. The molecule has 0 spiro atoms. The highest BCUT2D eigenvalue weighted by Crippen LogP contribution is 2.23. The Morgan fingerprint density at radius 2 is 1.84 bits per heavy atom. The first-order valence-electron chi connectivity index (χ1n) is 11.5. The number of likely N-dealkylation sites (tertiary alicyclic amines) is 1. The molecule has 1 atom stereocenters. The molecule has 31 heavy (non-hydrogen) atoms. The number of piperidine rings is 1. The molecule has 0 unspecified atom stereocenters. The molecule has 1 fully saturated rings. The Balaban J connectivity index is 1.21. The molecule has 0 N–H and O–H groups in total. The minimum Gasteiger partial charge on any atom is -0.341 e. The van der Waals surface area contributed by atoms with Crippen molar-refractivity contribution in [2.24, 2.45) is 0 Å². The fraction of sp³-hybridized carbons (Fsp3) is 0.462. The van der Waals surface area contributed by atoms with Crippen molar-refractivity contribution >= 4 is 11.8 Å². The molecule has 4 rings (SSSR count). The van der Waals surface area contributed by atoms with Gasteiger partial charge in [-0.1, -0.05) is 48.5 Å². The summed E-state index contributed by atoms with van der Waals surface area (Å²) in [5.41, 5.74) is 3.23. The van der Waals surface area contributed by atoms with E-state index in [1.165, 1.54) is 5.56 Å². The molecular formula is C26H33N3O2. The van der Waals surface area contributed by atoms with E-state index < -0.39 is 0 Å². The first kappa shape index (κ1) is 21.6. The second kappa shape index (κ2) is 10.1. The lowest BCUT2D eigenvalue weighted by molar-refractivity contribution is -0.133. The molecule has 2 amide bonds. The molecule has 0 radical (unpaired) electrons. The minimum atomic E-state index is 0.0494. The second-order valence-electron chi connectivity index (χ2n) is 8.82. The zero-order chi connectivity index (χ0) is 21.6. The van der Waals surface area contributed by atoms with Crippen molar-refractivity contribution in [3.8, 4) is 0 Å². The van der Waals surface area contributed by atoms with E-state index in [-0.39, 0.29) is 17.9 Å². The van der Waals surface area contributed by atoms with Crippen molar-refractivity contribution in [1.29, 1.82) is 0 Å². The summed E-state index contributed by atoms with van der Waals surface area (Å²) < 4.78 is 0. The van der Waals surface area contributed by atoms with Gasteiger partial charge in [-0.15, -0.1) is 0 Å². The Labute approximate surface area is 185 Å². The summed E-state index contributed by atoms with van der Waals surface area (Å²) in [4.78, 5) is 31.6. The molecule has 0 bridgehead atoms. The lowest BCUT2D eigenvalue weighted by Crippen LogP contribution is -2.49. The fourth-order valence-electron chi connectivity index (χ4n) is 4.81. The smallest absolute Gasteiger partial charge is 0.254 e. The van der Waals surface area contributed by atoms with E-state index in [2.05, 4.69) is 35.2 Å². The average Bonchev–Trinajstić information content (AvgIpc) is 3.13. The van der Waals surface area contributed by atoms with Gasteiger partial charge >= 0.3 is 0 Å². The predicted octanol–water partition coefficient (Wildman–Crippen LogP) is 3.59. The summed E-state index contributed by atoms with van der Waals surface area (Å²) in [5.74, 6) is 0.188. The van der Waals surface area contributed by atoms with Crippen LogP contribution in [-0.2, 0) is 17.8 Å². The van der Waals surface area contributed by atoms with Crippen LogP contribution in [0.15, 0.2) is 54.6 Å². The van der Waals surface area contributed by atoms with E-state index in [9.17, 15) is 9.59 Å². The summed E-state index contributed by atoms with van der Waals surface area (Å²) in [6.45, 7) is 4.25. The van der Waals surface area contributed by atoms with Crippen LogP contribution in [0, 0.1) is 0 Å². The van der Waals surface area contributed by atoms with Crippen LogP contribution in [0.4, 0.5) is 0 Å². The van der Waals surface area contributed by atoms with Gasteiger partial charge in [-0.3, -0.25) is 9.59 Å². The molecule has 2 heterocycles. The summed E-state index contributed by atoms with van der Waals surface area (Å²) in [6.07, 6.45) is 4.83. The second-order valence-corrected chi connectivity index (χ2v) is 8.82. The molecule has 2 aliphatic heterocycles. The molecule has 0 saturated carbocycles. The molecule has 0 aliphatic carbocycles. The van der Waals surface area contributed by atoms with Crippen LogP contribution in [0.3, 0.4) is 0 Å². The zero-order valence-corrected chi connectivity index (χ0v) is 18.5. The first-order valence-corrected chi connectivity index (χ1v) is 11.5. The van der Waals surface area contributed by atoms with Crippen molar-refractivity contribution in [2.45, 2.75) is 44.7 Å². The van der Waals surface area contributed by atoms with Gasteiger partial charge in [0.1, 0.15) is 0 Å². The number of carbonyl (C=O) groups excluding carboxylic acids is 2. The SMILES string of the molecule is CN(C(=O)CCN1Cc2ccccc2C1=O)[C@@H]1CCCN(CCCc2ccccc2)C1. The molecule has 2 aromatic rings. The van der Waals surface area contributed by atoms with Crippen LogP contribution in [0.2, 0.25) is 0 Å². The molecule has 164 valence electrons. The van der Waals surface area contributed by atoms with E-state index in [0.29, 0.717) is 19.5 Å². The minimum absolute atomic E-state index is 0.0494. The number of fused-ring (bicyclic) bond motifs is 1. The third-order valence-corrected chi connectivity index (χ3v) is 6.70. The molecule has 2 aliphatic rings. The topological polar surface area (TPSA) is 43.9 Å². The maximum atomic E-state index is 12.9. The van der Waals surface area contributed by atoms with E-state index in [1.807, 2.05) is 36.2 Å². The van der Waals surface area contributed by atoms with Gasteiger partial charge < -0.3 is 14.7 Å². The average molecular weight is 420 g/mol. The maximum absolute atomic E-state index is 12.9. The number of rotatable bonds is 8. The summed E-state index contributed by atoms with van der Waals surface area (Å²) >= 11 is 0.